The second-order valence-electron chi connectivity index (χ2n) is 11.6. The van der Waals surface area contributed by atoms with Crippen LogP contribution >= 0.6 is 11.6 Å². The molecule has 0 unspecified atom stereocenters. The largest absolute Gasteiger partial charge is 0.481 e. The molecule has 220 valence electrons. The summed E-state index contributed by atoms with van der Waals surface area (Å²) in [7, 11) is 1.56. The first kappa shape index (κ1) is 27.5. The van der Waals surface area contributed by atoms with E-state index in [4.69, 9.17) is 35.8 Å². The van der Waals surface area contributed by atoms with Crippen molar-refractivity contribution in [3.05, 3.63) is 82.2 Å². The number of hydrogen-bond donors (Lipinski definition) is 1. The summed E-state index contributed by atoms with van der Waals surface area (Å²) in [5.41, 5.74) is 3.42. The van der Waals surface area contributed by atoms with Gasteiger partial charge >= 0.3 is 5.76 Å². The van der Waals surface area contributed by atoms with Crippen molar-refractivity contribution >= 4 is 22.8 Å². The number of nitrogens with one attached hydrogen (secondary N) is 1. The molecule has 7 rings (SSSR count). The summed E-state index contributed by atoms with van der Waals surface area (Å²) in [5, 5.41) is 4.30. The highest BCUT2D eigenvalue weighted by Gasteiger charge is 2.45. The molecular weight excluding hydrogens is 566 g/mol. The van der Waals surface area contributed by atoms with Crippen molar-refractivity contribution < 1.29 is 9.26 Å². The Morgan fingerprint density at radius 2 is 1.95 bits per heavy atom. The standard InChI is InChI=1S/C32H32ClN7O3/c1-3-19-10-12-20(13-11-19)18-40-25-24(23-16-22(33)17-34-29(23)42-2)35-27(28-38-31(41)43-39-28)36-26(25)37-30(40)32(14-7-15-32)21-8-5-4-6-9-21/h3-6,8-9,16-17,19-20H,1,7,10-15,18H2,2H3,(H,38,39,41)/t19-,20-. The Morgan fingerprint density at radius 3 is 2.60 bits per heavy atom. The van der Waals surface area contributed by atoms with Gasteiger partial charge in [-0.05, 0) is 62.0 Å². The van der Waals surface area contributed by atoms with Crippen LogP contribution in [0.15, 0.2) is 64.6 Å². The molecule has 0 amide bonds. The van der Waals surface area contributed by atoms with Gasteiger partial charge in [0, 0.05) is 12.7 Å². The number of aromatic amines is 1. The zero-order valence-electron chi connectivity index (χ0n) is 23.9. The number of pyridine rings is 1. The molecule has 0 atom stereocenters. The lowest BCUT2D eigenvalue weighted by atomic mass is 9.63. The van der Waals surface area contributed by atoms with E-state index in [2.05, 4.69) is 56.6 Å². The first-order valence-electron chi connectivity index (χ1n) is 14.7. The van der Waals surface area contributed by atoms with Gasteiger partial charge in [-0.15, -0.1) is 6.58 Å². The van der Waals surface area contributed by atoms with E-state index >= 15 is 0 Å². The molecule has 0 saturated heterocycles. The zero-order valence-corrected chi connectivity index (χ0v) is 24.7. The molecule has 43 heavy (non-hydrogen) atoms. The first-order chi connectivity index (χ1) is 21.0. The summed E-state index contributed by atoms with van der Waals surface area (Å²) in [4.78, 5) is 34.0. The van der Waals surface area contributed by atoms with Crippen molar-refractivity contribution in [1.29, 1.82) is 0 Å². The highest BCUT2D eigenvalue weighted by atomic mass is 35.5. The number of ether oxygens (including phenoxy) is 1. The number of hydrogen-bond acceptors (Lipinski definition) is 8. The van der Waals surface area contributed by atoms with Crippen LogP contribution in [0.2, 0.25) is 5.02 Å². The fourth-order valence-corrected chi connectivity index (χ4v) is 6.91. The molecular formula is C32H32ClN7O3. The topological polar surface area (TPSA) is 125 Å². The van der Waals surface area contributed by atoms with E-state index in [0.29, 0.717) is 39.6 Å². The van der Waals surface area contributed by atoms with Gasteiger partial charge in [0.05, 0.1) is 23.1 Å². The van der Waals surface area contributed by atoms with Crippen LogP contribution in [0.25, 0.3) is 34.1 Å². The molecule has 0 aliphatic heterocycles. The maximum Gasteiger partial charge on any atom is 0.439 e. The fourth-order valence-electron chi connectivity index (χ4n) is 6.75. The van der Waals surface area contributed by atoms with Crippen molar-refractivity contribution in [2.75, 3.05) is 7.11 Å². The fraction of sp³-hybridized carbons (Fsp3) is 0.375. The van der Waals surface area contributed by atoms with Gasteiger partial charge in [-0.25, -0.2) is 24.7 Å². The molecule has 0 bridgehead atoms. The van der Waals surface area contributed by atoms with Gasteiger partial charge in [-0.1, -0.05) is 59.6 Å². The number of rotatable bonds is 8. The van der Waals surface area contributed by atoms with Crippen LogP contribution in [0.1, 0.15) is 56.3 Å². The third-order valence-electron chi connectivity index (χ3n) is 9.15. The Morgan fingerprint density at radius 1 is 1.16 bits per heavy atom. The van der Waals surface area contributed by atoms with Gasteiger partial charge in [0.1, 0.15) is 17.0 Å². The molecule has 4 heterocycles. The molecule has 1 N–H and O–H groups in total. The Balaban J connectivity index is 1.51. The third-order valence-corrected chi connectivity index (χ3v) is 9.36. The molecule has 4 aromatic heterocycles. The molecule has 11 heteroatoms. The quantitative estimate of drug-likeness (QED) is 0.205. The lowest BCUT2D eigenvalue weighted by molar-refractivity contribution is 0.250. The van der Waals surface area contributed by atoms with Crippen LogP contribution in [0.5, 0.6) is 5.88 Å². The Kier molecular flexibility index (Phi) is 7.09. The summed E-state index contributed by atoms with van der Waals surface area (Å²) < 4.78 is 12.8. The minimum absolute atomic E-state index is 0.113. The maximum atomic E-state index is 11.9. The van der Waals surface area contributed by atoms with Gasteiger partial charge in [0.2, 0.25) is 17.5 Å². The summed E-state index contributed by atoms with van der Waals surface area (Å²) in [6.07, 6.45) is 11.2. The number of allylic oxidation sites excluding steroid dienone is 1. The molecule has 2 saturated carbocycles. The van der Waals surface area contributed by atoms with Gasteiger partial charge in [-0.2, -0.15) is 0 Å². The summed E-state index contributed by atoms with van der Waals surface area (Å²) in [5.74, 6) is 1.96. The molecule has 0 radical (unpaired) electrons. The average molecular weight is 598 g/mol. The maximum absolute atomic E-state index is 11.9. The van der Waals surface area contributed by atoms with Crippen molar-refractivity contribution in [1.82, 2.24) is 34.6 Å². The number of aromatic nitrogens is 7. The minimum atomic E-state index is -0.693. The zero-order chi connectivity index (χ0) is 29.6. The van der Waals surface area contributed by atoms with Gasteiger partial charge < -0.3 is 9.30 Å². The second-order valence-corrected chi connectivity index (χ2v) is 12.0. The van der Waals surface area contributed by atoms with E-state index in [9.17, 15) is 4.79 Å². The lowest BCUT2D eigenvalue weighted by Gasteiger charge is -2.42. The number of fused-ring (bicyclic) bond motifs is 1. The van der Waals surface area contributed by atoms with Gasteiger partial charge in [0.15, 0.2) is 5.65 Å². The van der Waals surface area contributed by atoms with Crippen LogP contribution < -0.4 is 10.5 Å². The van der Waals surface area contributed by atoms with Crippen LogP contribution in [0.4, 0.5) is 0 Å². The predicted octanol–water partition coefficient (Wildman–Crippen LogP) is 6.36. The summed E-state index contributed by atoms with van der Waals surface area (Å²) in [6.45, 7) is 4.81. The monoisotopic (exact) mass is 597 g/mol. The minimum Gasteiger partial charge on any atom is -0.481 e. The van der Waals surface area contributed by atoms with E-state index in [1.165, 1.54) is 11.8 Å². The van der Waals surface area contributed by atoms with E-state index in [1.54, 1.807) is 13.2 Å². The summed E-state index contributed by atoms with van der Waals surface area (Å²) >= 11 is 6.48. The number of halogens is 1. The Labute approximate surface area is 253 Å². The number of nitrogens with zero attached hydrogens (tertiary/aromatic N) is 6. The molecule has 10 nitrogen and oxygen atoms in total. The van der Waals surface area contributed by atoms with Crippen LogP contribution in [0.3, 0.4) is 0 Å². The molecule has 1 aromatic carbocycles. The van der Waals surface area contributed by atoms with Gasteiger partial charge in [0.25, 0.3) is 0 Å². The molecule has 2 aliphatic carbocycles. The van der Waals surface area contributed by atoms with Crippen LogP contribution in [0, 0.1) is 11.8 Å². The molecule has 2 fully saturated rings. The highest BCUT2D eigenvalue weighted by molar-refractivity contribution is 6.30. The summed E-state index contributed by atoms with van der Waals surface area (Å²) in [6, 6.07) is 12.4. The smallest absolute Gasteiger partial charge is 0.439 e. The van der Waals surface area contributed by atoms with Crippen LogP contribution in [-0.4, -0.2) is 41.8 Å². The van der Waals surface area contributed by atoms with Gasteiger partial charge in [-0.3, -0.25) is 9.51 Å². The van der Waals surface area contributed by atoms with Crippen molar-refractivity contribution in [3.63, 3.8) is 0 Å². The number of H-pyrrole nitrogens is 1. The Bertz CT molecular complexity index is 1850. The first-order valence-corrected chi connectivity index (χ1v) is 15.1. The number of methoxy groups -OCH3 is 1. The van der Waals surface area contributed by atoms with Crippen molar-refractivity contribution in [3.8, 4) is 28.8 Å². The normalized spacial score (nSPS) is 19.7. The third kappa shape index (κ3) is 4.83. The highest BCUT2D eigenvalue weighted by Crippen LogP contribution is 2.50. The predicted molar refractivity (Wildman–Crippen MR) is 163 cm³/mol. The number of benzene rings is 1. The average Bonchev–Trinajstić information content (AvgIpc) is 3.61. The van der Waals surface area contributed by atoms with E-state index < -0.39 is 5.76 Å². The lowest BCUT2D eigenvalue weighted by Crippen LogP contribution is -2.39. The second kappa shape index (κ2) is 11.1. The molecule has 0 spiro atoms. The van der Waals surface area contributed by atoms with E-state index in [0.717, 1.165) is 62.8 Å². The molecule has 5 aromatic rings. The van der Waals surface area contributed by atoms with Crippen molar-refractivity contribution in [2.24, 2.45) is 11.8 Å². The number of imidazole rings is 1. The van der Waals surface area contributed by atoms with Crippen molar-refractivity contribution in [2.45, 2.75) is 56.9 Å². The Hall–Kier alpha value is -4.31. The molecule has 2 aliphatic rings. The van der Waals surface area contributed by atoms with E-state index in [-0.39, 0.29) is 17.1 Å². The van der Waals surface area contributed by atoms with E-state index in [1.807, 2.05) is 6.07 Å². The SMILES string of the molecule is C=C[C@H]1CC[C@H](Cn2c(C3(c4ccccc4)CCC3)nc3nc(-c4noc(=O)[nH]4)nc(-c4cc(Cl)cnc4OC)c32)CC1. The van der Waals surface area contributed by atoms with Crippen LogP contribution in [-0.2, 0) is 12.0 Å².